The highest BCUT2D eigenvalue weighted by atomic mass is 32.1. The zero-order valence-corrected chi connectivity index (χ0v) is 14.7. The van der Waals surface area contributed by atoms with Crippen molar-refractivity contribution in [2.45, 2.75) is 32.9 Å². The number of carboxylic acid groups (broad SMARTS) is 1. The molecule has 0 radical (unpaired) electrons. The van der Waals surface area contributed by atoms with E-state index in [9.17, 15) is 9.59 Å². The quantitative estimate of drug-likeness (QED) is 0.725. The lowest BCUT2D eigenvalue weighted by Gasteiger charge is -2.11. The number of hydrogen-bond donors (Lipinski definition) is 2. The number of carboxylic acids is 1. The van der Waals surface area contributed by atoms with Crippen LogP contribution in [0.1, 0.15) is 57.9 Å². The topological polar surface area (TPSA) is 110 Å². The van der Waals surface area contributed by atoms with Crippen LogP contribution in [0.2, 0.25) is 0 Å². The Bertz CT molecular complexity index is 946. The fourth-order valence-corrected chi connectivity index (χ4v) is 3.13. The maximum atomic E-state index is 12.4. The summed E-state index contributed by atoms with van der Waals surface area (Å²) in [7, 11) is 0. The van der Waals surface area contributed by atoms with E-state index in [-0.39, 0.29) is 16.8 Å². The third-order valence-electron chi connectivity index (χ3n) is 3.64. The van der Waals surface area contributed by atoms with Gasteiger partial charge in [-0.25, -0.2) is 19.4 Å². The van der Waals surface area contributed by atoms with Gasteiger partial charge in [-0.1, -0.05) is 0 Å². The Labute approximate surface area is 147 Å². The van der Waals surface area contributed by atoms with Crippen LogP contribution in [-0.4, -0.2) is 36.7 Å². The summed E-state index contributed by atoms with van der Waals surface area (Å²) >= 11 is 1.04. The van der Waals surface area contributed by atoms with Crippen molar-refractivity contribution in [2.24, 2.45) is 0 Å². The van der Waals surface area contributed by atoms with Gasteiger partial charge in [-0.3, -0.25) is 4.79 Å². The maximum Gasteiger partial charge on any atom is 0.347 e. The number of carbonyl (C=O) groups excluding carboxylic acids is 1. The van der Waals surface area contributed by atoms with Gasteiger partial charge in [-0.15, -0.1) is 11.3 Å². The van der Waals surface area contributed by atoms with Gasteiger partial charge in [0.2, 0.25) is 0 Å². The molecule has 2 N–H and O–H groups in total. The maximum absolute atomic E-state index is 12.4. The average Bonchev–Trinajstić information content (AvgIpc) is 3.21. The first-order valence-corrected chi connectivity index (χ1v) is 8.51. The van der Waals surface area contributed by atoms with E-state index in [1.807, 2.05) is 13.8 Å². The van der Waals surface area contributed by atoms with Crippen LogP contribution in [0.4, 0.5) is 0 Å². The summed E-state index contributed by atoms with van der Waals surface area (Å²) in [5, 5.41) is 17.4. The molecule has 0 aliphatic rings. The van der Waals surface area contributed by atoms with Crippen LogP contribution in [0.5, 0.6) is 0 Å². The number of amides is 1. The van der Waals surface area contributed by atoms with E-state index < -0.39 is 12.0 Å². The van der Waals surface area contributed by atoms with Crippen LogP contribution in [0.15, 0.2) is 24.7 Å². The molecule has 0 aromatic carbocycles. The highest BCUT2D eigenvalue weighted by Crippen LogP contribution is 2.21. The van der Waals surface area contributed by atoms with Crippen LogP contribution in [0.25, 0.3) is 11.0 Å². The predicted octanol–water partition coefficient (Wildman–Crippen LogP) is 2.66. The molecule has 25 heavy (non-hydrogen) atoms. The molecular formula is C16H17N5O3S. The molecule has 9 heteroatoms. The zero-order valence-electron chi connectivity index (χ0n) is 13.9. The first-order valence-electron chi connectivity index (χ1n) is 7.70. The van der Waals surface area contributed by atoms with Crippen LogP contribution in [0.3, 0.4) is 0 Å². The van der Waals surface area contributed by atoms with Gasteiger partial charge < -0.3 is 10.4 Å². The van der Waals surface area contributed by atoms with Gasteiger partial charge in [0.15, 0.2) is 5.65 Å². The number of nitrogens with zero attached hydrogens (tertiary/aromatic N) is 4. The number of thiazole rings is 1. The van der Waals surface area contributed by atoms with Gasteiger partial charge in [0.1, 0.15) is 9.88 Å². The van der Waals surface area contributed by atoms with Gasteiger partial charge >= 0.3 is 5.97 Å². The Morgan fingerprint density at radius 2 is 1.96 bits per heavy atom. The normalized spacial score (nSPS) is 12.5. The number of rotatable bonds is 5. The molecule has 0 bridgehead atoms. The van der Waals surface area contributed by atoms with Gasteiger partial charge in [0.25, 0.3) is 5.91 Å². The van der Waals surface area contributed by atoms with Crippen LogP contribution < -0.4 is 5.32 Å². The highest BCUT2D eigenvalue weighted by Gasteiger charge is 2.18. The molecule has 0 saturated carbocycles. The molecule has 3 aromatic rings. The van der Waals surface area contributed by atoms with Crippen molar-refractivity contribution in [2.75, 3.05) is 0 Å². The van der Waals surface area contributed by atoms with E-state index in [0.717, 1.165) is 22.4 Å². The molecule has 3 aromatic heterocycles. The monoisotopic (exact) mass is 359 g/mol. The average molecular weight is 359 g/mol. The summed E-state index contributed by atoms with van der Waals surface area (Å²) in [4.78, 5) is 31.9. The minimum atomic E-state index is -1.03. The Morgan fingerprint density at radius 1 is 1.20 bits per heavy atom. The fourth-order valence-electron chi connectivity index (χ4n) is 2.37. The zero-order chi connectivity index (χ0) is 18.1. The van der Waals surface area contributed by atoms with Crippen LogP contribution in [-0.2, 0) is 0 Å². The minimum Gasteiger partial charge on any atom is -0.477 e. The smallest absolute Gasteiger partial charge is 0.347 e. The summed E-state index contributed by atoms with van der Waals surface area (Å²) in [6.45, 7) is 5.77. The molecule has 1 unspecified atom stereocenters. The lowest BCUT2D eigenvalue weighted by Crippen LogP contribution is -2.26. The summed E-state index contributed by atoms with van der Waals surface area (Å²) < 4.78 is 1.79. The summed E-state index contributed by atoms with van der Waals surface area (Å²) in [6.07, 6.45) is 4.48. The first kappa shape index (κ1) is 17.0. The lowest BCUT2D eigenvalue weighted by molar-refractivity contribution is 0.0701. The number of aromatic carboxylic acids is 1. The van der Waals surface area contributed by atoms with E-state index in [0.29, 0.717) is 10.6 Å². The second-order valence-electron chi connectivity index (χ2n) is 5.88. The van der Waals surface area contributed by atoms with Gasteiger partial charge in [0.05, 0.1) is 24.0 Å². The Kier molecular flexibility index (Phi) is 4.49. The second-order valence-corrected chi connectivity index (χ2v) is 6.94. The lowest BCUT2D eigenvalue weighted by atomic mass is 10.2. The molecule has 8 nitrogen and oxygen atoms in total. The summed E-state index contributed by atoms with van der Waals surface area (Å²) in [5.74, 6) is -1.33. The van der Waals surface area contributed by atoms with E-state index in [2.05, 4.69) is 20.4 Å². The summed E-state index contributed by atoms with van der Waals surface area (Å²) in [5.41, 5.74) is 1.14. The van der Waals surface area contributed by atoms with Crippen molar-refractivity contribution in [3.05, 3.63) is 40.1 Å². The highest BCUT2D eigenvalue weighted by molar-refractivity contribution is 7.13. The molecule has 3 heterocycles. The SMILES string of the molecule is CC(NC(=O)c1cnc2c(cnn2C(C)C)c1)c1ncc(C(=O)O)s1. The first-order chi connectivity index (χ1) is 11.9. The van der Waals surface area contributed by atoms with Crippen molar-refractivity contribution in [1.82, 2.24) is 25.1 Å². The van der Waals surface area contributed by atoms with E-state index >= 15 is 0 Å². The fraction of sp³-hybridized carbons (Fsp3) is 0.312. The third kappa shape index (κ3) is 3.36. The van der Waals surface area contributed by atoms with E-state index in [4.69, 9.17) is 5.11 Å². The van der Waals surface area contributed by atoms with E-state index in [1.54, 1.807) is 23.9 Å². The number of nitrogens with one attached hydrogen (secondary N) is 1. The van der Waals surface area contributed by atoms with Crippen molar-refractivity contribution < 1.29 is 14.7 Å². The molecule has 130 valence electrons. The van der Waals surface area contributed by atoms with Crippen molar-refractivity contribution in [3.8, 4) is 0 Å². The summed E-state index contributed by atoms with van der Waals surface area (Å²) in [6, 6.07) is 1.51. The van der Waals surface area contributed by atoms with E-state index in [1.165, 1.54) is 12.4 Å². The Hall–Kier alpha value is -2.81. The number of aromatic nitrogens is 4. The molecule has 0 fully saturated rings. The van der Waals surface area contributed by atoms with Crippen molar-refractivity contribution >= 4 is 34.2 Å². The van der Waals surface area contributed by atoms with Crippen LogP contribution in [0, 0.1) is 0 Å². The largest absolute Gasteiger partial charge is 0.477 e. The number of hydrogen-bond acceptors (Lipinski definition) is 6. The molecule has 3 rings (SSSR count). The number of fused-ring (bicyclic) bond motifs is 1. The number of carbonyl (C=O) groups is 2. The van der Waals surface area contributed by atoms with Gasteiger partial charge in [0, 0.05) is 17.6 Å². The molecule has 0 saturated heterocycles. The van der Waals surface area contributed by atoms with Crippen molar-refractivity contribution in [1.29, 1.82) is 0 Å². The molecule has 0 aliphatic carbocycles. The molecule has 0 aliphatic heterocycles. The third-order valence-corrected chi connectivity index (χ3v) is 4.81. The number of pyridine rings is 1. The second kappa shape index (κ2) is 6.60. The van der Waals surface area contributed by atoms with Crippen molar-refractivity contribution in [3.63, 3.8) is 0 Å². The van der Waals surface area contributed by atoms with Crippen LogP contribution >= 0.6 is 11.3 Å². The Morgan fingerprint density at radius 3 is 2.60 bits per heavy atom. The molecule has 1 atom stereocenters. The van der Waals surface area contributed by atoms with Gasteiger partial charge in [-0.2, -0.15) is 5.10 Å². The minimum absolute atomic E-state index is 0.139. The molecule has 1 amide bonds. The Balaban J connectivity index is 1.78. The molecule has 0 spiro atoms. The standard InChI is InChI=1S/C16H17N5O3S/c1-8(2)21-13-10(6-19-21)4-11(5-17-13)14(22)20-9(3)15-18-7-12(25-15)16(23)24/h4-9H,1-3H3,(H,20,22)(H,23,24). The van der Waals surface area contributed by atoms with Gasteiger partial charge in [-0.05, 0) is 26.8 Å². The molecular weight excluding hydrogens is 342 g/mol. The predicted molar refractivity (Wildman–Crippen MR) is 92.9 cm³/mol.